The summed E-state index contributed by atoms with van der Waals surface area (Å²) in [5.74, 6) is 3.41. The average molecular weight is 1980 g/mol. The minimum absolute atomic E-state index is 0.0105. The SMILES string of the molecule is CC(=O)N1CCN(c2ccc(C(C)C)cc2)CC1.CC(C)c1ccc(C(=O)C(F)(F)F)cc1.CC(C)c1ccc(C(=O)NC2COC2)cc1.CC(C)c1ccc(C2CCN(C)CC2)cc1.CC(C)c1ccc(N2CCN(C(=O)CO)CC2)cc1.CC(C)c1ccc(N2CCNCC2)cc1.CC(C)c1cccc(C(C)(C)O)c1.CC(C)c1cccc(C(O)C(F)(F)F)c1.CC(C)c1cccc(N2CCN(C)CC2)c1. The summed E-state index contributed by atoms with van der Waals surface area (Å²) in [6, 6.07) is 72.3. The van der Waals surface area contributed by atoms with Crippen LogP contribution in [-0.4, -0.2) is 229 Å². The van der Waals surface area contributed by atoms with Gasteiger partial charge in [0.1, 0.15) is 6.61 Å². The molecule has 1 atom stereocenters. The molecule has 18 nitrogen and oxygen atoms in total. The number of likely N-dealkylation sites (N-methyl/N-ethyl adjacent to an activating group) is 1. The van der Waals surface area contributed by atoms with Crippen LogP contribution in [0, 0.1) is 0 Å². The highest BCUT2D eigenvalue weighted by Gasteiger charge is 2.41. The van der Waals surface area contributed by atoms with E-state index in [2.05, 4.69) is 285 Å². The van der Waals surface area contributed by atoms with Crippen LogP contribution in [-0.2, 0) is 19.9 Å². The van der Waals surface area contributed by atoms with Gasteiger partial charge in [0.25, 0.3) is 11.7 Å². The Morgan fingerprint density at radius 3 is 1.08 bits per heavy atom. The van der Waals surface area contributed by atoms with Gasteiger partial charge >= 0.3 is 12.4 Å². The Hall–Kier alpha value is -10.4. The number of hydrogen-bond acceptors (Lipinski definition) is 15. The van der Waals surface area contributed by atoms with E-state index in [0.717, 1.165) is 107 Å². The molecule has 143 heavy (non-hydrogen) atoms. The maximum absolute atomic E-state index is 12.2. The average Bonchev–Trinajstić information content (AvgIpc) is 0.881. The van der Waals surface area contributed by atoms with Gasteiger partial charge in [-0.2, -0.15) is 26.3 Å². The van der Waals surface area contributed by atoms with E-state index >= 15 is 0 Å². The molecule has 6 saturated heterocycles. The fraction of sp³-hybridized carbons (Fsp3) is 0.513. The molecule has 5 N–H and O–H groups in total. The lowest BCUT2D eigenvalue weighted by molar-refractivity contribution is -0.206. The molecule has 6 fully saturated rings. The molecule has 1 unspecified atom stereocenters. The van der Waals surface area contributed by atoms with E-state index in [9.17, 15) is 50.6 Å². The molecule has 0 aromatic heterocycles. The maximum atomic E-state index is 12.2. The second kappa shape index (κ2) is 58.6. The number of nitrogens with zero attached hydrogens (tertiary/aromatic N) is 8. The molecular weight excluding hydrogens is 1810 g/mol. The van der Waals surface area contributed by atoms with Crippen LogP contribution in [0.15, 0.2) is 218 Å². The number of rotatable bonds is 20. The number of carbonyl (C=O) groups is 4. The number of amides is 3. The minimum atomic E-state index is -4.79. The molecule has 0 saturated carbocycles. The van der Waals surface area contributed by atoms with Gasteiger partial charge < -0.3 is 69.9 Å². The van der Waals surface area contributed by atoms with Gasteiger partial charge in [0.05, 0.1) is 24.9 Å². The number of piperazine rings is 4. The maximum Gasteiger partial charge on any atom is 0.454 e. The number of nitrogens with one attached hydrogen (secondary N) is 2. The van der Waals surface area contributed by atoms with Gasteiger partial charge in [-0.05, 0) is 240 Å². The monoisotopic (exact) mass is 1980 g/mol. The summed E-state index contributed by atoms with van der Waals surface area (Å²) in [5, 5.41) is 34.0. The highest BCUT2D eigenvalue weighted by atomic mass is 19.4. The van der Waals surface area contributed by atoms with Gasteiger partial charge in [-0.25, -0.2) is 0 Å². The van der Waals surface area contributed by atoms with E-state index in [1.54, 1.807) is 30.0 Å². The second-order valence-electron chi connectivity index (χ2n) is 41.6. The lowest BCUT2D eigenvalue weighted by atomic mass is 9.88. The van der Waals surface area contributed by atoms with Crippen LogP contribution in [0.1, 0.15) is 311 Å². The number of alkyl halides is 6. The number of benzene rings is 9. The van der Waals surface area contributed by atoms with Crippen LogP contribution in [0.4, 0.5) is 49.1 Å². The number of aliphatic hydroxyl groups excluding tert-OH is 2. The van der Waals surface area contributed by atoms with Gasteiger partial charge in [0.2, 0.25) is 11.8 Å². The van der Waals surface area contributed by atoms with Crippen molar-refractivity contribution in [3.63, 3.8) is 0 Å². The molecule has 15 rings (SSSR count). The first kappa shape index (κ1) is 120. The largest absolute Gasteiger partial charge is 0.454 e. The fourth-order valence-corrected chi connectivity index (χ4v) is 16.7. The molecule has 0 bridgehead atoms. The third-order valence-corrected chi connectivity index (χ3v) is 27.0. The minimum Gasteiger partial charge on any atom is -0.387 e. The molecule has 24 heteroatoms. The number of Topliss-reactive ketones (excluding diaryl/α,β-unsaturated/α-hetero) is 1. The summed E-state index contributed by atoms with van der Waals surface area (Å²) < 4.78 is 77.8. The van der Waals surface area contributed by atoms with Gasteiger partial charge in [0, 0.05) is 146 Å². The van der Waals surface area contributed by atoms with Crippen molar-refractivity contribution in [3.8, 4) is 0 Å². The lowest BCUT2D eigenvalue weighted by Gasteiger charge is -2.36. The first-order valence-electron chi connectivity index (χ1n) is 51.6. The first-order chi connectivity index (χ1) is 67.5. The van der Waals surface area contributed by atoms with Crippen molar-refractivity contribution in [1.29, 1.82) is 0 Å². The standard InChI is InChI=1S/C15H22N2O2.C15H22N2O.C15H23N.C14H22N2.C13H20N2.C13H17NO2.C12H18O.C11H11F3O.C11H13F3O/c1-12(2)13-3-5-14(6-4-13)16-7-9-17(10-8-16)15(19)11-18;1-12(2)14-4-6-15(7-5-14)17-10-8-16(9-11-17)13(3)18;1-12(2)13-4-6-14(7-5-13)15-8-10-16(3)11-9-15;1-12(2)13-5-4-6-14(11-13)16-9-7-15(3)8-10-16;1-11(2)12-3-5-13(6-4-12)15-9-7-14-8-10-15;1-9(2)10-3-5-11(6-4-10)13(15)14-12-7-16-8-12;1-9(2)10-6-5-7-11(8-10)12(3,4)13;1-7(2)8-3-5-9(6-4-8)10(15)11(12,13)14;1-7(2)8-4-3-5-9(6-8)10(15)11(12,13)14/h3-6,12,18H,7-11H2,1-2H3;4-7,12H,8-11H2,1-3H3;4-7,12,15H,8-11H2,1-3H3;4-6,11-12H,7-10H2,1-3H3;3-6,11,14H,7-10H2,1-2H3;3-6,9,12H,7-8H2,1-2H3,(H,14,15);5-9,13H,1-4H3;3-7H,1-2H3;3-7,10,15H,1-2H3. The van der Waals surface area contributed by atoms with E-state index in [-0.39, 0.29) is 53.3 Å². The molecule has 6 heterocycles. The van der Waals surface area contributed by atoms with Crippen LogP contribution in [0.25, 0.3) is 0 Å². The Morgan fingerprint density at radius 1 is 0.385 bits per heavy atom. The van der Waals surface area contributed by atoms with Crippen LogP contribution >= 0.6 is 0 Å². The van der Waals surface area contributed by atoms with Crippen molar-refractivity contribution >= 4 is 46.3 Å². The van der Waals surface area contributed by atoms with E-state index < -0.39 is 29.8 Å². The molecule has 3 amide bonds. The summed E-state index contributed by atoms with van der Waals surface area (Å²) >= 11 is 0. The number of aliphatic hydroxyl groups is 3. The molecule has 9 aromatic carbocycles. The van der Waals surface area contributed by atoms with E-state index in [4.69, 9.17) is 14.9 Å². The molecule has 0 radical (unpaired) electrons. The number of ether oxygens (including phenoxy) is 1. The number of likely N-dealkylation sites (tertiary alicyclic amines) is 1. The van der Waals surface area contributed by atoms with Crippen molar-refractivity contribution < 1.29 is 65.6 Å². The molecule has 9 aromatic rings. The van der Waals surface area contributed by atoms with Crippen LogP contribution < -0.4 is 30.2 Å². The van der Waals surface area contributed by atoms with Crippen molar-refractivity contribution in [2.75, 3.05) is 171 Å². The lowest BCUT2D eigenvalue weighted by Crippen LogP contribution is -2.49. The molecule has 6 aliphatic heterocycles. The number of carbonyl (C=O) groups excluding carboxylic acids is 4. The predicted molar refractivity (Wildman–Crippen MR) is 578 cm³/mol. The normalized spacial score (nSPS) is 15.8. The van der Waals surface area contributed by atoms with Crippen molar-refractivity contribution in [3.05, 3.63) is 296 Å². The summed E-state index contributed by atoms with van der Waals surface area (Å²) in [6.45, 7) is 62.8. The quantitative estimate of drug-likeness (QED) is 0.0358. The molecule has 0 spiro atoms. The number of piperidine rings is 1. The third kappa shape index (κ3) is 40.5. The topological polar surface area (TPSA) is 188 Å². The van der Waals surface area contributed by atoms with Crippen molar-refractivity contribution in [2.45, 2.75) is 248 Å². The highest BCUT2D eigenvalue weighted by Crippen LogP contribution is 2.36. The smallest absolute Gasteiger partial charge is 0.387 e. The summed E-state index contributed by atoms with van der Waals surface area (Å²) in [7, 11) is 4.42. The van der Waals surface area contributed by atoms with E-state index in [0.29, 0.717) is 67.7 Å². The van der Waals surface area contributed by atoms with Crippen molar-refractivity contribution in [2.24, 2.45) is 0 Å². The van der Waals surface area contributed by atoms with Gasteiger partial charge in [-0.1, -0.05) is 282 Å². The van der Waals surface area contributed by atoms with Crippen molar-refractivity contribution in [1.82, 2.24) is 30.2 Å². The number of anilines is 4. The highest BCUT2D eigenvalue weighted by molar-refractivity contribution is 6.00. The molecule has 784 valence electrons. The number of halogens is 6. The zero-order valence-corrected chi connectivity index (χ0v) is 89.7. The van der Waals surface area contributed by atoms with Crippen LogP contribution in [0.2, 0.25) is 0 Å². The summed E-state index contributed by atoms with van der Waals surface area (Å²) in [4.78, 5) is 63.3. The Labute approximate surface area is 852 Å². The predicted octanol–water partition coefficient (Wildman–Crippen LogP) is 24.3. The third-order valence-electron chi connectivity index (χ3n) is 27.0. The zero-order valence-electron chi connectivity index (χ0n) is 89.7. The Morgan fingerprint density at radius 2 is 0.713 bits per heavy atom. The Balaban J connectivity index is 0.000000219. The second-order valence-corrected chi connectivity index (χ2v) is 41.6. The molecular formula is C119H168F6N10O8. The van der Waals surface area contributed by atoms with E-state index in [1.165, 1.54) is 137 Å². The Kier molecular flexibility index (Phi) is 49.0. The number of ketones is 1. The van der Waals surface area contributed by atoms with E-state index in [1.807, 2.05) is 82.8 Å². The van der Waals surface area contributed by atoms with Gasteiger partial charge in [-0.3, -0.25) is 19.2 Å². The molecule has 0 aliphatic carbocycles. The summed E-state index contributed by atoms with van der Waals surface area (Å²) in [6.07, 6.45) is -9.15. The summed E-state index contributed by atoms with van der Waals surface area (Å²) in [5.41, 5.74) is 18.6. The van der Waals surface area contributed by atoms with Gasteiger partial charge in [-0.15, -0.1) is 0 Å². The van der Waals surface area contributed by atoms with Crippen LogP contribution in [0.5, 0.6) is 0 Å². The fourth-order valence-electron chi connectivity index (χ4n) is 16.7. The Bertz CT molecular complexity index is 5180. The van der Waals surface area contributed by atoms with Crippen LogP contribution in [0.3, 0.4) is 0 Å². The zero-order chi connectivity index (χ0) is 106. The first-order valence-corrected chi connectivity index (χ1v) is 51.6. The van der Waals surface area contributed by atoms with Gasteiger partial charge in [0.15, 0.2) is 6.10 Å². The molecule has 6 aliphatic rings. The number of hydrogen-bond donors (Lipinski definition) is 5.